The van der Waals surface area contributed by atoms with Crippen LogP contribution in [0.15, 0.2) is 55.0 Å². The fraction of sp³-hybridized carbons (Fsp3) is 0.321. The lowest BCUT2D eigenvalue weighted by atomic mass is 10.0. The molecule has 1 N–H and O–H groups in total. The average molecular weight is 479 g/mol. The quantitative estimate of drug-likeness (QED) is 0.340. The Balaban J connectivity index is 1.30. The summed E-state index contributed by atoms with van der Waals surface area (Å²) in [4.78, 5) is 20.8. The van der Waals surface area contributed by atoms with E-state index in [1.165, 1.54) is 25.0 Å². The van der Waals surface area contributed by atoms with Crippen molar-refractivity contribution in [2.75, 3.05) is 23.3 Å². The number of nitrogens with one attached hydrogen (secondary N) is 1. The van der Waals surface area contributed by atoms with E-state index in [-0.39, 0.29) is 0 Å². The van der Waals surface area contributed by atoms with E-state index in [2.05, 4.69) is 68.4 Å². The summed E-state index contributed by atoms with van der Waals surface area (Å²) in [6.45, 7) is 6.49. The molecule has 0 atom stereocenters. The van der Waals surface area contributed by atoms with Crippen molar-refractivity contribution in [3.05, 3.63) is 60.7 Å². The Morgan fingerprint density at radius 2 is 1.72 bits per heavy atom. The van der Waals surface area contributed by atoms with Crippen LogP contribution in [0.2, 0.25) is 0 Å². The van der Waals surface area contributed by atoms with E-state index in [4.69, 9.17) is 4.98 Å². The summed E-state index contributed by atoms with van der Waals surface area (Å²) in [6.07, 6.45) is 7.17. The van der Waals surface area contributed by atoms with Crippen LogP contribution in [0.4, 0.5) is 17.5 Å². The van der Waals surface area contributed by atoms with Gasteiger partial charge in [0, 0.05) is 54.1 Å². The van der Waals surface area contributed by atoms with Gasteiger partial charge in [-0.15, -0.1) is 0 Å². The van der Waals surface area contributed by atoms with Crippen molar-refractivity contribution >= 4 is 39.3 Å². The Bertz CT molecular complexity index is 1550. The third-order valence-electron chi connectivity index (χ3n) is 6.90. The van der Waals surface area contributed by atoms with Crippen molar-refractivity contribution in [2.45, 2.75) is 39.0 Å². The molecular formula is C28H30N8. The second kappa shape index (κ2) is 9.18. The van der Waals surface area contributed by atoms with E-state index >= 15 is 0 Å². The summed E-state index contributed by atoms with van der Waals surface area (Å²) in [5.41, 5.74) is 5.94. The summed E-state index contributed by atoms with van der Waals surface area (Å²) in [5.74, 6) is 1.95. The Morgan fingerprint density at radius 1 is 0.861 bits per heavy atom. The minimum Gasteiger partial charge on any atom is -0.356 e. The lowest BCUT2D eigenvalue weighted by Gasteiger charge is -2.28. The number of hydrogen-bond acceptors (Lipinski definition) is 7. The van der Waals surface area contributed by atoms with Crippen LogP contribution < -0.4 is 10.2 Å². The van der Waals surface area contributed by atoms with Crippen LogP contribution in [0.25, 0.3) is 33.1 Å². The van der Waals surface area contributed by atoms with Gasteiger partial charge >= 0.3 is 0 Å². The molecule has 0 spiro atoms. The average Bonchev–Trinajstić information content (AvgIpc) is 3.24. The fourth-order valence-electron chi connectivity index (χ4n) is 5.25. The number of rotatable bonds is 5. The highest BCUT2D eigenvalue weighted by molar-refractivity contribution is 5.92. The number of fused-ring (bicyclic) bond motifs is 2. The molecule has 4 heterocycles. The molecule has 5 aromatic rings. The molecule has 8 heteroatoms. The normalized spacial score (nSPS) is 14.2. The van der Waals surface area contributed by atoms with Crippen molar-refractivity contribution in [2.24, 2.45) is 7.05 Å². The van der Waals surface area contributed by atoms with Gasteiger partial charge in [0.05, 0.1) is 16.7 Å². The summed E-state index contributed by atoms with van der Waals surface area (Å²) in [5, 5.41) is 10.3. The van der Waals surface area contributed by atoms with Crippen LogP contribution in [0.5, 0.6) is 0 Å². The Morgan fingerprint density at radius 3 is 2.56 bits per heavy atom. The maximum absolute atomic E-state index is 4.81. The van der Waals surface area contributed by atoms with Gasteiger partial charge in [-0.05, 0) is 61.6 Å². The van der Waals surface area contributed by atoms with E-state index in [0.29, 0.717) is 11.9 Å². The minimum atomic E-state index is 0.380. The van der Waals surface area contributed by atoms with Crippen LogP contribution in [0.3, 0.4) is 0 Å². The first-order valence-corrected chi connectivity index (χ1v) is 12.6. The number of piperidine rings is 1. The molecule has 6 rings (SSSR count). The minimum absolute atomic E-state index is 0.380. The third kappa shape index (κ3) is 4.12. The predicted octanol–water partition coefficient (Wildman–Crippen LogP) is 5.83. The van der Waals surface area contributed by atoms with E-state index in [1.54, 1.807) is 12.5 Å². The first-order valence-electron chi connectivity index (χ1n) is 12.6. The van der Waals surface area contributed by atoms with Crippen LogP contribution in [0.1, 0.15) is 44.7 Å². The van der Waals surface area contributed by atoms with Crippen LogP contribution in [0, 0.1) is 0 Å². The van der Waals surface area contributed by atoms with Gasteiger partial charge in [-0.1, -0.05) is 19.9 Å². The number of aryl methyl sites for hydroxylation is 1. The number of aromatic nitrogens is 6. The molecular weight excluding hydrogens is 448 g/mol. The Hall–Kier alpha value is -4.07. The fourth-order valence-corrected chi connectivity index (χ4v) is 5.25. The summed E-state index contributed by atoms with van der Waals surface area (Å²) in [7, 11) is 2.01. The van der Waals surface area contributed by atoms with Crippen molar-refractivity contribution in [3.8, 4) is 11.3 Å². The second-order valence-corrected chi connectivity index (χ2v) is 9.76. The first kappa shape index (κ1) is 22.4. The molecule has 2 aromatic carbocycles. The second-order valence-electron chi connectivity index (χ2n) is 9.76. The highest BCUT2D eigenvalue weighted by atomic mass is 15.3. The smallest absolute Gasteiger partial charge is 0.227 e. The maximum atomic E-state index is 4.81. The van der Waals surface area contributed by atoms with Crippen molar-refractivity contribution < 1.29 is 0 Å². The molecule has 182 valence electrons. The maximum Gasteiger partial charge on any atom is 0.227 e. The lowest BCUT2D eigenvalue weighted by Crippen LogP contribution is -2.30. The standard InChI is InChI=1S/C28H30N8/c1-18(2)26-22-15-19(7-10-24(22)34-35(26)3)23-11-12-29-28(33-23)32-20-8-9-21-25(16-20)30-17-31-27(21)36-13-5-4-6-14-36/h7-12,15-18H,4-6,13-14H2,1-3H3,(H,29,32,33). The van der Waals surface area contributed by atoms with Gasteiger partial charge in [-0.25, -0.2) is 19.9 Å². The first-order chi connectivity index (χ1) is 17.6. The molecule has 36 heavy (non-hydrogen) atoms. The Labute approximate surface area is 210 Å². The number of nitrogens with zero attached hydrogens (tertiary/aromatic N) is 7. The topological polar surface area (TPSA) is 84.7 Å². The van der Waals surface area contributed by atoms with Crippen LogP contribution in [-0.4, -0.2) is 42.8 Å². The molecule has 1 aliphatic heterocycles. The van der Waals surface area contributed by atoms with E-state index in [9.17, 15) is 0 Å². The van der Waals surface area contributed by atoms with Gasteiger partial charge < -0.3 is 10.2 Å². The van der Waals surface area contributed by atoms with Gasteiger partial charge in [0.25, 0.3) is 0 Å². The molecule has 3 aromatic heterocycles. The van der Waals surface area contributed by atoms with Crippen LogP contribution in [-0.2, 0) is 7.05 Å². The highest BCUT2D eigenvalue weighted by Gasteiger charge is 2.16. The molecule has 0 radical (unpaired) electrons. The zero-order chi connectivity index (χ0) is 24.6. The monoisotopic (exact) mass is 478 g/mol. The highest BCUT2D eigenvalue weighted by Crippen LogP contribution is 2.31. The summed E-state index contributed by atoms with van der Waals surface area (Å²) < 4.78 is 1.98. The predicted molar refractivity (Wildman–Crippen MR) is 145 cm³/mol. The van der Waals surface area contributed by atoms with Gasteiger partial charge in [0.15, 0.2) is 0 Å². The molecule has 0 bridgehead atoms. The lowest BCUT2D eigenvalue weighted by molar-refractivity contribution is 0.574. The zero-order valence-electron chi connectivity index (χ0n) is 20.9. The SMILES string of the molecule is CC(C)c1c2cc(-c3ccnc(Nc4ccc5c(N6CCCCC6)ncnc5c4)n3)ccc2nn1C. The zero-order valence-corrected chi connectivity index (χ0v) is 20.9. The third-order valence-corrected chi connectivity index (χ3v) is 6.90. The van der Waals surface area contributed by atoms with Gasteiger partial charge in [0.1, 0.15) is 12.1 Å². The summed E-state index contributed by atoms with van der Waals surface area (Å²) in [6, 6.07) is 14.4. The molecule has 1 saturated heterocycles. The van der Waals surface area contributed by atoms with E-state index in [0.717, 1.165) is 57.7 Å². The molecule has 0 aliphatic carbocycles. The van der Waals surface area contributed by atoms with E-state index in [1.807, 2.05) is 29.9 Å². The Kier molecular flexibility index (Phi) is 5.71. The molecule has 0 saturated carbocycles. The van der Waals surface area contributed by atoms with Crippen LogP contribution >= 0.6 is 0 Å². The largest absolute Gasteiger partial charge is 0.356 e. The van der Waals surface area contributed by atoms with Crippen molar-refractivity contribution in [1.29, 1.82) is 0 Å². The molecule has 0 amide bonds. The number of hydrogen-bond donors (Lipinski definition) is 1. The van der Waals surface area contributed by atoms with Crippen molar-refractivity contribution in [3.63, 3.8) is 0 Å². The molecule has 8 nitrogen and oxygen atoms in total. The molecule has 1 aliphatic rings. The van der Waals surface area contributed by atoms with Gasteiger partial charge in [-0.2, -0.15) is 5.10 Å². The summed E-state index contributed by atoms with van der Waals surface area (Å²) >= 11 is 0. The van der Waals surface area contributed by atoms with Gasteiger partial charge in [-0.3, -0.25) is 4.68 Å². The van der Waals surface area contributed by atoms with Gasteiger partial charge in [0.2, 0.25) is 5.95 Å². The number of benzene rings is 2. The molecule has 1 fully saturated rings. The number of anilines is 3. The van der Waals surface area contributed by atoms with Crippen molar-refractivity contribution in [1.82, 2.24) is 29.7 Å². The molecule has 0 unspecified atom stereocenters. The van der Waals surface area contributed by atoms with E-state index < -0.39 is 0 Å².